The van der Waals surface area contributed by atoms with Gasteiger partial charge in [0.15, 0.2) is 0 Å². The maximum atomic E-state index is 13.0. The highest BCUT2D eigenvalue weighted by atomic mass is 16.5. The van der Waals surface area contributed by atoms with Crippen LogP contribution in [0.5, 0.6) is 0 Å². The third kappa shape index (κ3) is 4.65. The molecule has 4 nitrogen and oxygen atoms in total. The van der Waals surface area contributed by atoms with Crippen molar-refractivity contribution in [2.24, 2.45) is 5.10 Å². The van der Waals surface area contributed by atoms with E-state index in [1.807, 2.05) is 104 Å². The second-order valence-electron chi connectivity index (χ2n) is 7.33. The van der Waals surface area contributed by atoms with E-state index in [9.17, 15) is 4.79 Å². The molecule has 0 unspecified atom stereocenters. The lowest BCUT2D eigenvalue weighted by molar-refractivity contribution is -0.670. The SMILES string of the molecule is CCOC(=O)c1cc(-c2ccccc2)cc(-c2ccccc2)[n+]1/N=C(\C)c1ccccc1. The van der Waals surface area contributed by atoms with Crippen molar-refractivity contribution in [3.8, 4) is 22.4 Å². The molecule has 0 fully saturated rings. The first-order chi connectivity index (χ1) is 15.7. The predicted octanol–water partition coefficient (Wildman–Crippen LogP) is 5.76. The van der Waals surface area contributed by atoms with Crippen molar-refractivity contribution in [3.05, 3.63) is 114 Å². The van der Waals surface area contributed by atoms with Crippen molar-refractivity contribution in [3.63, 3.8) is 0 Å². The van der Waals surface area contributed by atoms with Crippen LogP contribution in [0.15, 0.2) is 108 Å². The van der Waals surface area contributed by atoms with Crippen LogP contribution in [-0.4, -0.2) is 18.3 Å². The lowest BCUT2D eigenvalue weighted by atomic mass is 10.0. The van der Waals surface area contributed by atoms with Gasteiger partial charge in [0.2, 0.25) is 5.69 Å². The van der Waals surface area contributed by atoms with Crippen LogP contribution >= 0.6 is 0 Å². The van der Waals surface area contributed by atoms with E-state index in [0.29, 0.717) is 5.69 Å². The Morgan fingerprint density at radius 1 is 0.781 bits per heavy atom. The second kappa shape index (κ2) is 9.84. The van der Waals surface area contributed by atoms with Gasteiger partial charge in [-0.3, -0.25) is 0 Å². The van der Waals surface area contributed by atoms with Crippen LogP contribution < -0.4 is 4.68 Å². The molecule has 4 aromatic rings. The summed E-state index contributed by atoms with van der Waals surface area (Å²) < 4.78 is 7.11. The molecule has 0 saturated carbocycles. The number of benzene rings is 3. The molecule has 1 heterocycles. The fourth-order valence-electron chi connectivity index (χ4n) is 3.55. The van der Waals surface area contributed by atoms with Gasteiger partial charge in [0.1, 0.15) is 5.71 Å². The fraction of sp³-hybridized carbons (Fsp3) is 0.107. The van der Waals surface area contributed by atoms with Gasteiger partial charge in [0.05, 0.1) is 6.61 Å². The van der Waals surface area contributed by atoms with E-state index in [1.165, 1.54) is 0 Å². The average Bonchev–Trinajstić information content (AvgIpc) is 2.85. The number of carbonyl (C=O) groups excluding carboxylic acids is 1. The van der Waals surface area contributed by atoms with Crippen molar-refractivity contribution in [1.82, 2.24) is 0 Å². The minimum absolute atomic E-state index is 0.288. The highest BCUT2D eigenvalue weighted by molar-refractivity contribution is 5.98. The quantitative estimate of drug-likeness (QED) is 0.226. The zero-order chi connectivity index (χ0) is 22.3. The summed E-state index contributed by atoms with van der Waals surface area (Å²) in [4.78, 5) is 13.0. The maximum absolute atomic E-state index is 13.0. The van der Waals surface area contributed by atoms with Crippen molar-refractivity contribution in [1.29, 1.82) is 0 Å². The summed E-state index contributed by atoms with van der Waals surface area (Å²) in [5, 5.41) is 4.88. The number of esters is 1. The molecule has 32 heavy (non-hydrogen) atoms. The standard InChI is InChI=1S/C28H25N2O2/c1-3-32-28(31)27-20-25(23-15-9-5-10-16-23)19-26(24-17-11-6-12-18-24)30(27)29-21(2)22-13-7-4-8-14-22/h4-20H,3H2,1-2H3/q+1/b29-21+. The second-order valence-corrected chi connectivity index (χ2v) is 7.33. The number of ether oxygens (including phenoxy) is 1. The summed E-state index contributed by atoms with van der Waals surface area (Å²) >= 11 is 0. The molecule has 158 valence electrons. The largest absolute Gasteiger partial charge is 0.458 e. The van der Waals surface area contributed by atoms with Crippen LogP contribution in [0.3, 0.4) is 0 Å². The Labute approximate surface area is 188 Å². The summed E-state index contributed by atoms with van der Waals surface area (Å²) in [5.41, 5.74) is 5.88. The Kier molecular flexibility index (Phi) is 6.52. The van der Waals surface area contributed by atoms with Crippen LogP contribution in [0.25, 0.3) is 22.4 Å². The van der Waals surface area contributed by atoms with E-state index < -0.39 is 5.97 Å². The summed E-state index contributed by atoms with van der Waals surface area (Å²) in [6, 6.07) is 33.8. The molecule has 0 amide bonds. The molecule has 0 aliphatic rings. The zero-order valence-corrected chi connectivity index (χ0v) is 18.2. The number of pyridine rings is 1. The zero-order valence-electron chi connectivity index (χ0n) is 18.2. The van der Waals surface area contributed by atoms with Gasteiger partial charge in [-0.15, -0.1) is 0 Å². The van der Waals surface area contributed by atoms with Crippen molar-refractivity contribution < 1.29 is 14.2 Å². The normalized spacial score (nSPS) is 11.2. The molecule has 0 saturated heterocycles. The van der Waals surface area contributed by atoms with Crippen molar-refractivity contribution in [2.45, 2.75) is 13.8 Å². The highest BCUT2D eigenvalue weighted by Gasteiger charge is 2.28. The molecule has 4 heteroatoms. The van der Waals surface area contributed by atoms with Gasteiger partial charge in [-0.25, -0.2) is 4.79 Å². The molecule has 0 aliphatic heterocycles. The molecule has 0 spiro atoms. The molecular formula is C28H25N2O2+. The van der Waals surface area contributed by atoms with Crippen LogP contribution in [0.1, 0.15) is 29.9 Å². The Morgan fingerprint density at radius 2 is 1.34 bits per heavy atom. The fourth-order valence-corrected chi connectivity index (χ4v) is 3.55. The molecule has 0 bridgehead atoms. The van der Waals surface area contributed by atoms with Gasteiger partial charge in [-0.05, 0) is 41.8 Å². The molecular weight excluding hydrogens is 396 g/mol. The molecule has 0 aliphatic carbocycles. The summed E-state index contributed by atoms with van der Waals surface area (Å²) in [7, 11) is 0. The molecule has 0 N–H and O–H groups in total. The van der Waals surface area contributed by atoms with Crippen LogP contribution in [0.4, 0.5) is 0 Å². The minimum atomic E-state index is -0.410. The topological polar surface area (TPSA) is 42.5 Å². The van der Waals surface area contributed by atoms with Gasteiger partial charge in [-0.1, -0.05) is 78.9 Å². The Balaban J connectivity index is 2.00. The molecule has 0 atom stereocenters. The first-order valence-electron chi connectivity index (χ1n) is 10.7. The van der Waals surface area contributed by atoms with E-state index in [2.05, 4.69) is 6.07 Å². The van der Waals surface area contributed by atoms with Gasteiger partial charge < -0.3 is 4.74 Å². The third-order valence-corrected chi connectivity index (χ3v) is 5.14. The number of hydrogen-bond donors (Lipinski definition) is 0. The Hall–Kier alpha value is -4.05. The van der Waals surface area contributed by atoms with E-state index >= 15 is 0 Å². The number of aromatic nitrogens is 1. The van der Waals surface area contributed by atoms with Crippen LogP contribution in [0.2, 0.25) is 0 Å². The van der Waals surface area contributed by atoms with Crippen LogP contribution in [-0.2, 0) is 4.74 Å². The minimum Gasteiger partial charge on any atom is -0.458 e. The van der Waals surface area contributed by atoms with E-state index in [4.69, 9.17) is 9.84 Å². The lowest BCUT2D eigenvalue weighted by Crippen LogP contribution is -2.40. The molecule has 4 rings (SSSR count). The van der Waals surface area contributed by atoms with Gasteiger partial charge in [0.25, 0.3) is 0 Å². The molecule has 1 aromatic heterocycles. The Morgan fingerprint density at radius 3 is 1.94 bits per heavy atom. The van der Waals surface area contributed by atoms with E-state index in [1.54, 1.807) is 11.6 Å². The van der Waals surface area contributed by atoms with Gasteiger partial charge in [0, 0.05) is 28.4 Å². The van der Waals surface area contributed by atoms with Gasteiger partial charge >= 0.3 is 11.7 Å². The van der Waals surface area contributed by atoms with Gasteiger partial charge in [-0.2, -0.15) is 0 Å². The number of carbonyl (C=O) groups is 1. The molecule has 0 radical (unpaired) electrons. The summed E-state index contributed by atoms with van der Waals surface area (Å²) in [6.45, 7) is 4.04. The first-order valence-corrected chi connectivity index (χ1v) is 10.7. The number of rotatable bonds is 6. The Bertz CT molecular complexity index is 1230. The molecule has 3 aromatic carbocycles. The lowest BCUT2D eigenvalue weighted by Gasteiger charge is -2.09. The van der Waals surface area contributed by atoms with Crippen molar-refractivity contribution >= 4 is 11.7 Å². The van der Waals surface area contributed by atoms with E-state index in [-0.39, 0.29) is 6.61 Å². The summed E-state index contributed by atoms with van der Waals surface area (Å²) in [5.74, 6) is -0.410. The highest BCUT2D eigenvalue weighted by Crippen LogP contribution is 2.25. The van der Waals surface area contributed by atoms with Crippen LogP contribution in [0, 0.1) is 0 Å². The predicted molar refractivity (Wildman–Crippen MR) is 128 cm³/mol. The summed E-state index contributed by atoms with van der Waals surface area (Å²) in [6.07, 6.45) is 0. The number of hydrogen-bond acceptors (Lipinski definition) is 3. The maximum Gasteiger partial charge on any atom is 0.406 e. The first kappa shape index (κ1) is 21.2. The smallest absolute Gasteiger partial charge is 0.406 e. The average molecular weight is 422 g/mol. The monoisotopic (exact) mass is 421 g/mol. The third-order valence-electron chi connectivity index (χ3n) is 5.14. The van der Waals surface area contributed by atoms with E-state index in [0.717, 1.165) is 33.7 Å². The number of nitrogens with zero attached hydrogens (tertiary/aromatic N) is 2. The van der Waals surface area contributed by atoms with Crippen molar-refractivity contribution in [2.75, 3.05) is 6.61 Å².